The summed E-state index contributed by atoms with van der Waals surface area (Å²) in [4.78, 5) is 0. The van der Waals surface area contributed by atoms with Gasteiger partial charge in [-0.05, 0) is 16.9 Å². The minimum atomic E-state index is 1.31. The van der Waals surface area contributed by atoms with E-state index in [1.54, 1.807) is 23.5 Å². The predicted octanol–water partition coefficient (Wildman–Crippen LogP) is 2.97. The Balaban J connectivity index is 2.50. The van der Waals surface area contributed by atoms with Gasteiger partial charge in [0.2, 0.25) is 0 Å². The molecule has 1 aliphatic rings. The molecule has 0 N–H and O–H groups in total. The fourth-order valence-corrected chi connectivity index (χ4v) is 2.01. The molecule has 8 heavy (non-hydrogen) atoms. The van der Waals surface area contributed by atoms with Crippen LogP contribution in [0, 0.1) is 0 Å². The predicted molar refractivity (Wildman–Crippen MR) is 42.6 cm³/mol. The SMILES string of the molecule is C=CC=C1SC=CS1. The van der Waals surface area contributed by atoms with Gasteiger partial charge in [-0.15, -0.1) is 0 Å². The van der Waals surface area contributed by atoms with Crippen molar-refractivity contribution in [2.45, 2.75) is 0 Å². The van der Waals surface area contributed by atoms with Crippen LogP contribution in [0.3, 0.4) is 0 Å². The minimum absolute atomic E-state index is 1.31. The lowest BCUT2D eigenvalue weighted by molar-refractivity contribution is 2.09. The molecule has 0 aromatic carbocycles. The van der Waals surface area contributed by atoms with Crippen LogP contribution in [-0.2, 0) is 0 Å². The van der Waals surface area contributed by atoms with E-state index in [-0.39, 0.29) is 0 Å². The lowest BCUT2D eigenvalue weighted by atomic mass is 10.6. The molecule has 0 radical (unpaired) electrons. The zero-order chi connectivity index (χ0) is 5.82. The number of hydrogen-bond acceptors (Lipinski definition) is 2. The van der Waals surface area contributed by atoms with Crippen LogP contribution in [0.5, 0.6) is 0 Å². The maximum Gasteiger partial charge on any atom is 0.0486 e. The Kier molecular flexibility index (Phi) is 2.30. The van der Waals surface area contributed by atoms with Crippen LogP contribution in [0.1, 0.15) is 0 Å². The number of thioether (sulfide) groups is 2. The molecule has 42 valence electrons. The van der Waals surface area contributed by atoms with Gasteiger partial charge in [0, 0.05) is 4.24 Å². The summed E-state index contributed by atoms with van der Waals surface area (Å²) in [6.07, 6.45) is 3.82. The van der Waals surface area contributed by atoms with Gasteiger partial charge in [-0.3, -0.25) is 0 Å². The molecule has 0 amide bonds. The first-order valence-corrected chi connectivity index (χ1v) is 4.00. The van der Waals surface area contributed by atoms with Crippen molar-refractivity contribution in [2.75, 3.05) is 0 Å². The zero-order valence-corrected chi connectivity index (χ0v) is 5.97. The molecule has 0 aliphatic carbocycles. The van der Waals surface area contributed by atoms with E-state index in [2.05, 4.69) is 17.4 Å². The van der Waals surface area contributed by atoms with Gasteiger partial charge in [0.25, 0.3) is 0 Å². The van der Waals surface area contributed by atoms with Gasteiger partial charge < -0.3 is 0 Å². The molecule has 0 fully saturated rings. The van der Waals surface area contributed by atoms with E-state index < -0.39 is 0 Å². The first-order chi connectivity index (χ1) is 3.93. The van der Waals surface area contributed by atoms with Crippen LogP contribution in [-0.4, -0.2) is 0 Å². The summed E-state index contributed by atoms with van der Waals surface area (Å²) >= 11 is 3.48. The molecule has 0 unspecified atom stereocenters. The molecule has 0 saturated heterocycles. The third-order valence-electron chi connectivity index (χ3n) is 0.678. The molecule has 0 bridgehead atoms. The minimum Gasteiger partial charge on any atom is -0.0990 e. The van der Waals surface area contributed by atoms with Crippen LogP contribution >= 0.6 is 23.5 Å². The molecule has 0 saturated carbocycles. The second-order valence-electron chi connectivity index (χ2n) is 1.23. The first kappa shape index (κ1) is 6.05. The first-order valence-electron chi connectivity index (χ1n) is 2.24. The molecule has 1 aliphatic heterocycles. The topological polar surface area (TPSA) is 0 Å². The quantitative estimate of drug-likeness (QED) is 0.552. The van der Waals surface area contributed by atoms with Crippen molar-refractivity contribution in [3.05, 3.63) is 33.8 Å². The zero-order valence-electron chi connectivity index (χ0n) is 4.33. The average Bonchev–Trinajstić information content (AvgIpc) is 2.19. The Morgan fingerprint density at radius 3 is 2.50 bits per heavy atom. The molecule has 0 aromatic heterocycles. The van der Waals surface area contributed by atoms with Crippen molar-refractivity contribution in [1.29, 1.82) is 0 Å². The largest absolute Gasteiger partial charge is 0.0990 e. The highest BCUT2D eigenvalue weighted by Crippen LogP contribution is 2.36. The van der Waals surface area contributed by atoms with Gasteiger partial charge in [-0.25, -0.2) is 0 Å². The second kappa shape index (κ2) is 3.05. The Morgan fingerprint density at radius 2 is 2.00 bits per heavy atom. The molecule has 1 heterocycles. The van der Waals surface area contributed by atoms with Gasteiger partial charge in [0.05, 0.1) is 0 Å². The highest BCUT2D eigenvalue weighted by molar-refractivity contribution is 8.27. The van der Waals surface area contributed by atoms with E-state index in [1.807, 2.05) is 12.2 Å². The van der Waals surface area contributed by atoms with E-state index in [0.717, 1.165) is 0 Å². The van der Waals surface area contributed by atoms with Crippen molar-refractivity contribution in [3.8, 4) is 0 Å². The van der Waals surface area contributed by atoms with Gasteiger partial charge in [0.15, 0.2) is 0 Å². The second-order valence-corrected chi connectivity index (χ2v) is 3.38. The van der Waals surface area contributed by atoms with E-state index in [9.17, 15) is 0 Å². The summed E-state index contributed by atoms with van der Waals surface area (Å²) in [5, 5.41) is 4.14. The van der Waals surface area contributed by atoms with Crippen molar-refractivity contribution >= 4 is 23.5 Å². The van der Waals surface area contributed by atoms with E-state index in [0.29, 0.717) is 0 Å². The summed E-state index contributed by atoms with van der Waals surface area (Å²) < 4.78 is 1.31. The molecule has 0 aromatic rings. The Labute approximate surface area is 57.7 Å². The monoisotopic (exact) mass is 142 g/mol. The maximum absolute atomic E-state index is 3.59. The third-order valence-corrected chi connectivity index (χ3v) is 2.71. The number of allylic oxidation sites excluding steroid dienone is 2. The van der Waals surface area contributed by atoms with Gasteiger partial charge >= 0.3 is 0 Å². The lowest BCUT2D eigenvalue weighted by Gasteiger charge is -1.85. The van der Waals surface area contributed by atoms with Crippen LogP contribution in [0.25, 0.3) is 0 Å². The molecule has 0 nitrogen and oxygen atoms in total. The lowest BCUT2D eigenvalue weighted by Crippen LogP contribution is -1.52. The summed E-state index contributed by atoms with van der Waals surface area (Å²) in [6, 6.07) is 0. The molecular weight excluding hydrogens is 136 g/mol. The smallest absolute Gasteiger partial charge is 0.0486 e. The van der Waals surface area contributed by atoms with Gasteiger partial charge in [0.1, 0.15) is 0 Å². The van der Waals surface area contributed by atoms with Gasteiger partial charge in [-0.2, -0.15) is 0 Å². The highest BCUT2D eigenvalue weighted by Gasteiger charge is 1.97. The summed E-state index contributed by atoms with van der Waals surface area (Å²) in [6.45, 7) is 3.59. The summed E-state index contributed by atoms with van der Waals surface area (Å²) in [5.41, 5.74) is 0. The Morgan fingerprint density at radius 1 is 1.38 bits per heavy atom. The fraction of sp³-hybridized carbons (Fsp3) is 0. The van der Waals surface area contributed by atoms with Gasteiger partial charge in [-0.1, -0.05) is 36.2 Å². The van der Waals surface area contributed by atoms with Crippen molar-refractivity contribution in [1.82, 2.24) is 0 Å². The molecule has 2 heteroatoms. The van der Waals surface area contributed by atoms with Crippen LogP contribution in [0.15, 0.2) is 33.8 Å². The van der Waals surface area contributed by atoms with E-state index >= 15 is 0 Å². The molecule has 0 atom stereocenters. The van der Waals surface area contributed by atoms with Crippen LogP contribution < -0.4 is 0 Å². The fourth-order valence-electron chi connectivity index (χ4n) is 0.392. The summed E-state index contributed by atoms with van der Waals surface area (Å²) in [7, 11) is 0. The van der Waals surface area contributed by atoms with Crippen LogP contribution in [0.2, 0.25) is 0 Å². The molecule has 1 rings (SSSR count). The summed E-state index contributed by atoms with van der Waals surface area (Å²) in [5.74, 6) is 0. The molecular formula is C6H6S2. The normalized spacial score (nSPS) is 16.8. The standard InChI is InChI=1S/C6H6S2/c1-2-3-6-7-4-5-8-6/h2-5H,1H2. The van der Waals surface area contributed by atoms with Crippen LogP contribution in [0.4, 0.5) is 0 Å². The maximum atomic E-state index is 3.59. The van der Waals surface area contributed by atoms with Crippen molar-refractivity contribution < 1.29 is 0 Å². The Bertz CT molecular complexity index is 135. The molecule has 0 spiro atoms. The van der Waals surface area contributed by atoms with Crippen molar-refractivity contribution in [2.24, 2.45) is 0 Å². The third kappa shape index (κ3) is 1.46. The number of hydrogen-bond donors (Lipinski definition) is 0. The van der Waals surface area contributed by atoms with Crippen molar-refractivity contribution in [3.63, 3.8) is 0 Å². The highest BCUT2D eigenvalue weighted by atomic mass is 32.2. The average molecular weight is 142 g/mol. The van der Waals surface area contributed by atoms with E-state index in [1.165, 1.54) is 4.24 Å². The number of rotatable bonds is 1. The Hall–Kier alpha value is -0.0800. The van der Waals surface area contributed by atoms with E-state index in [4.69, 9.17) is 0 Å².